The number of hydrogen-bond acceptors (Lipinski definition) is 10. The first kappa shape index (κ1) is 33.5. The van der Waals surface area contributed by atoms with Crippen LogP contribution >= 0.6 is 0 Å². The van der Waals surface area contributed by atoms with Gasteiger partial charge < -0.3 is 41.3 Å². The Morgan fingerprint density at radius 1 is 0.979 bits per heavy atom. The molecule has 4 unspecified atom stereocenters. The van der Waals surface area contributed by atoms with Crippen molar-refractivity contribution in [2.24, 2.45) is 11.8 Å². The van der Waals surface area contributed by atoms with Gasteiger partial charge in [-0.1, -0.05) is 18.2 Å². The van der Waals surface area contributed by atoms with Crippen LogP contribution in [-0.2, 0) is 16.0 Å². The third kappa shape index (κ3) is 5.59. The van der Waals surface area contributed by atoms with Crippen molar-refractivity contribution >= 4 is 40.6 Å². The first-order valence-electron chi connectivity index (χ1n) is 15.2. The van der Waals surface area contributed by atoms with Crippen molar-refractivity contribution in [1.82, 2.24) is 10.2 Å². The average molecular weight is 648 g/mol. The summed E-state index contributed by atoms with van der Waals surface area (Å²) in [5.74, 6) is -6.84. The summed E-state index contributed by atoms with van der Waals surface area (Å²) in [6.45, 7) is 5.05. The van der Waals surface area contributed by atoms with Crippen LogP contribution in [0.3, 0.4) is 0 Å². The Morgan fingerprint density at radius 3 is 2.19 bits per heavy atom. The van der Waals surface area contributed by atoms with Crippen molar-refractivity contribution in [1.29, 1.82) is 0 Å². The third-order valence-electron chi connectivity index (χ3n) is 8.93. The first-order chi connectivity index (χ1) is 21.9. The Kier molecular flexibility index (Phi) is 8.36. The number of aliphatic hydroxyl groups excluding tert-OH is 2. The van der Waals surface area contributed by atoms with Gasteiger partial charge in [-0.05, 0) is 77.4 Å². The zero-order valence-corrected chi connectivity index (χ0v) is 27.4. The molecule has 3 aliphatic rings. The lowest BCUT2D eigenvalue weighted by molar-refractivity contribution is -0.149. The highest BCUT2D eigenvalue weighted by Gasteiger charge is 2.63. The molecule has 0 spiro atoms. The van der Waals surface area contributed by atoms with E-state index in [9.17, 15) is 39.6 Å². The van der Waals surface area contributed by atoms with Gasteiger partial charge in [0.05, 0.1) is 17.3 Å². The molecule has 0 fully saturated rings. The molecule has 3 aliphatic carbocycles. The van der Waals surface area contributed by atoms with Gasteiger partial charge in [-0.2, -0.15) is 0 Å². The zero-order valence-electron chi connectivity index (χ0n) is 27.4. The van der Waals surface area contributed by atoms with Crippen molar-refractivity contribution in [2.75, 3.05) is 43.7 Å². The average Bonchev–Trinajstić information content (AvgIpc) is 2.95. The Hall–Kier alpha value is -4.88. The molecule has 2 aromatic carbocycles. The second-order valence-electron chi connectivity index (χ2n) is 13.8. The van der Waals surface area contributed by atoms with E-state index in [1.807, 2.05) is 0 Å². The summed E-state index contributed by atoms with van der Waals surface area (Å²) in [7, 11) is 6.70. The highest BCUT2D eigenvalue weighted by Crippen LogP contribution is 2.54. The minimum absolute atomic E-state index is 0.0129. The maximum Gasteiger partial charge on any atom is 0.323 e. The van der Waals surface area contributed by atoms with Crippen LogP contribution in [-0.4, -0.2) is 94.2 Å². The fourth-order valence-corrected chi connectivity index (χ4v) is 6.98. The molecular weight excluding hydrogens is 606 g/mol. The SMILES string of the molecule is CN(C)c1cc(NC(=O)Nc2ccccc2)c(O)c2c1CC1CC3C(N(C)C)C(O)=C(C(=O)NC(C)(C)C)C(=O)C3(O)C(O)=C1C2=O. The van der Waals surface area contributed by atoms with E-state index >= 15 is 0 Å². The van der Waals surface area contributed by atoms with Crippen molar-refractivity contribution in [2.45, 2.75) is 50.8 Å². The van der Waals surface area contributed by atoms with Crippen LogP contribution in [0.5, 0.6) is 5.75 Å². The minimum atomic E-state index is -2.73. The zero-order chi connectivity index (χ0) is 34.7. The summed E-state index contributed by atoms with van der Waals surface area (Å²) in [5, 5.41) is 54.5. The van der Waals surface area contributed by atoms with E-state index in [2.05, 4.69) is 16.0 Å². The first-order valence-corrected chi connectivity index (χ1v) is 15.2. The normalized spacial score (nSPS) is 24.0. The van der Waals surface area contributed by atoms with Gasteiger partial charge in [0.2, 0.25) is 5.78 Å². The third-order valence-corrected chi connectivity index (χ3v) is 8.93. The molecule has 2 aromatic rings. The number of ketones is 2. The van der Waals surface area contributed by atoms with Gasteiger partial charge in [0, 0.05) is 42.5 Å². The number of allylic oxidation sites excluding steroid dienone is 1. The number of anilines is 3. The van der Waals surface area contributed by atoms with Gasteiger partial charge in [0.15, 0.2) is 17.1 Å². The Bertz CT molecular complexity index is 1740. The summed E-state index contributed by atoms with van der Waals surface area (Å²) in [5.41, 5.74) is -3.30. The van der Waals surface area contributed by atoms with Crippen LogP contribution < -0.4 is 20.9 Å². The summed E-state index contributed by atoms with van der Waals surface area (Å²) in [4.78, 5) is 57.7. The number of likely N-dealkylation sites (N-methyl/N-ethyl adjacent to an activating group) is 1. The summed E-state index contributed by atoms with van der Waals surface area (Å²) in [6.07, 6.45) is 0.113. The molecule has 3 amide bonds. The highest BCUT2D eigenvalue weighted by atomic mass is 16.3. The molecule has 7 N–H and O–H groups in total. The molecule has 13 nitrogen and oxygen atoms in total. The van der Waals surface area contributed by atoms with Crippen molar-refractivity contribution in [3.8, 4) is 5.75 Å². The molecule has 0 aromatic heterocycles. The Labute approximate surface area is 272 Å². The van der Waals surface area contributed by atoms with Gasteiger partial charge in [-0.15, -0.1) is 0 Å². The fourth-order valence-electron chi connectivity index (χ4n) is 6.98. The van der Waals surface area contributed by atoms with Crippen molar-refractivity contribution < 1.29 is 39.6 Å². The number of hydrogen-bond donors (Lipinski definition) is 7. The predicted octanol–water partition coefficient (Wildman–Crippen LogP) is 3.26. The van der Waals surface area contributed by atoms with E-state index in [0.717, 1.165) is 0 Å². The standard InChI is InChI=1S/C34H41N5O8/c1-33(2,3)37-31(45)24-28(42)25(39(6)7)19-14-16-13-18-21(38(4)5)15-20(36-32(46)35-17-11-9-8-10-12-17)26(40)23(18)27(41)22(16)29(43)34(19,47)30(24)44/h8-12,15-16,19,25,40,42-43,47H,13-14H2,1-7H3,(H,37,45)(H2,35,36,46). The van der Waals surface area contributed by atoms with Gasteiger partial charge in [-0.25, -0.2) is 4.79 Å². The number of benzene rings is 2. The van der Waals surface area contributed by atoms with Crippen molar-refractivity contribution in [3.05, 3.63) is 70.2 Å². The molecule has 0 heterocycles. The van der Waals surface area contributed by atoms with E-state index < -0.39 is 75.4 Å². The lowest BCUT2D eigenvalue weighted by Gasteiger charge is -2.50. The maximum absolute atomic E-state index is 14.3. The van der Waals surface area contributed by atoms with Gasteiger partial charge in [0.1, 0.15) is 17.1 Å². The van der Waals surface area contributed by atoms with Gasteiger partial charge in [0.25, 0.3) is 5.91 Å². The molecule has 0 radical (unpaired) electrons. The number of nitrogens with zero attached hydrogens (tertiary/aromatic N) is 2. The molecular formula is C34H41N5O8. The maximum atomic E-state index is 14.3. The largest absolute Gasteiger partial charge is 0.510 e. The number of urea groups is 1. The number of aromatic hydroxyl groups is 1. The van der Waals surface area contributed by atoms with Gasteiger partial charge in [-0.3, -0.25) is 19.3 Å². The molecule has 0 bridgehead atoms. The second kappa shape index (κ2) is 11.7. The van der Waals surface area contributed by atoms with Crippen LogP contribution in [0.1, 0.15) is 43.1 Å². The van der Waals surface area contributed by atoms with Crippen LogP contribution in [0.2, 0.25) is 0 Å². The van der Waals surface area contributed by atoms with E-state index in [-0.39, 0.29) is 29.7 Å². The molecule has 0 saturated heterocycles. The number of carbonyl (C=O) groups excluding carboxylic acids is 4. The number of Topliss-reactive ketones (excluding diaryl/α,β-unsaturated/α-hetero) is 2. The fraction of sp³-hybridized carbons (Fsp3) is 0.412. The molecule has 4 atom stereocenters. The summed E-state index contributed by atoms with van der Waals surface area (Å²) >= 11 is 0. The second-order valence-corrected chi connectivity index (χ2v) is 13.8. The van der Waals surface area contributed by atoms with E-state index in [0.29, 0.717) is 16.9 Å². The van der Waals surface area contributed by atoms with Crippen LogP contribution in [0, 0.1) is 11.8 Å². The number of aliphatic hydroxyl groups is 3. The van der Waals surface area contributed by atoms with Crippen LogP contribution in [0.25, 0.3) is 0 Å². The number of fused-ring (bicyclic) bond motifs is 3. The molecule has 0 saturated carbocycles. The number of amides is 3. The number of rotatable bonds is 5. The van der Waals surface area contributed by atoms with E-state index in [1.165, 1.54) is 0 Å². The number of carbonyl (C=O) groups is 4. The number of phenolic OH excluding ortho intramolecular Hbond substituents is 1. The molecule has 47 heavy (non-hydrogen) atoms. The Morgan fingerprint density at radius 2 is 1.62 bits per heavy atom. The van der Waals surface area contributed by atoms with Crippen LogP contribution in [0.15, 0.2) is 59.1 Å². The van der Waals surface area contributed by atoms with Crippen LogP contribution in [0.4, 0.5) is 21.9 Å². The number of phenols is 1. The molecule has 5 rings (SSSR count). The van der Waals surface area contributed by atoms with E-state index in [4.69, 9.17) is 0 Å². The van der Waals surface area contributed by atoms with E-state index in [1.54, 1.807) is 95.2 Å². The monoisotopic (exact) mass is 647 g/mol. The lowest BCUT2D eigenvalue weighted by atomic mass is 9.58. The van der Waals surface area contributed by atoms with Crippen molar-refractivity contribution in [3.63, 3.8) is 0 Å². The molecule has 0 aliphatic heterocycles. The molecule has 250 valence electrons. The number of nitrogens with one attached hydrogen (secondary N) is 3. The minimum Gasteiger partial charge on any atom is -0.510 e. The predicted molar refractivity (Wildman–Crippen MR) is 176 cm³/mol. The summed E-state index contributed by atoms with van der Waals surface area (Å²) < 4.78 is 0. The quantitative estimate of drug-likeness (QED) is 0.187. The summed E-state index contributed by atoms with van der Waals surface area (Å²) in [6, 6.07) is 8.43. The number of para-hydroxylation sites is 1. The smallest absolute Gasteiger partial charge is 0.323 e. The van der Waals surface area contributed by atoms with Gasteiger partial charge >= 0.3 is 6.03 Å². The topological polar surface area (TPSA) is 192 Å². The highest BCUT2D eigenvalue weighted by molar-refractivity contribution is 6.25. The lowest BCUT2D eigenvalue weighted by Crippen LogP contribution is -2.64. The Balaban J connectivity index is 1.62. The molecule has 13 heteroatoms.